The number of amides is 1. The zero-order valence-electron chi connectivity index (χ0n) is 13.6. The van der Waals surface area contributed by atoms with Gasteiger partial charge in [-0.2, -0.15) is 8.42 Å². The van der Waals surface area contributed by atoms with E-state index in [4.69, 9.17) is 9.29 Å². The third kappa shape index (κ3) is 4.49. The number of piperidine rings is 1. The number of Topliss-reactive ketones (excluding diaryl/α,β-unsaturated/α-hetero) is 1. The molecule has 0 spiro atoms. The summed E-state index contributed by atoms with van der Waals surface area (Å²) in [4.78, 5) is 26.9. The molecule has 2 saturated heterocycles. The van der Waals surface area contributed by atoms with Gasteiger partial charge in [0.2, 0.25) is 0 Å². The van der Waals surface area contributed by atoms with Gasteiger partial charge in [0.15, 0.2) is 0 Å². The van der Waals surface area contributed by atoms with Gasteiger partial charge in [-0.1, -0.05) is 0 Å². The van der Waals surface area contributed by atoms with E-state index in [0.717, 1.165) is 5.69 Å². The van der Waals surface area contributed by atoms with Crippen molar-refractivity contribution >= 4 is 33.4 Å². The minimum absolute atomic E-state index is 0.0565. The molecule has 3 rings (SSSR count). The molecule has 0 aliphatic carbocycles. The molecule has 25 heavy (non-hydrogen) atoms. The minimum atomic E-state index is -4.07. The van der Waals surface area contributed by atoms with Gasteiger partial charge in [0.1, 0.15) is 11.9 Å². The molecule has 1 N–H and O–H groups in total. The molecule has 136 valence electrons. The highest BCUT2D eigenvalue weighted by Crippen LogP contribution is 2.26. The topological polar surface area (TPSA) is 104 Å². The van der Waals surface area contributed by atoms with Crippen molar-refractivity contribution in [3.05, 3.63) is 24.3 Å². The van der Waals surface area contributed by atoms with E-state index in [1.54, 1.807) is 12.1 Å². The highest BCUT2D eigenvalue weighted by Gasteiger charge is 2.33. The zero-order chi connectivity index (χ0) is 18.0. The molecule has 2 aliphatic rings. The normalized spacial score (nSPS) is 21.6. The summed E-state index contributed by atoms with van der Waals surface area (Å²) in [6.45, 7) is 1.63. The molecule has 1 amide bonds. The first-order valence-electron chi connectivity index (χ1n) is 8.12. The third-order valence-corrected chi connectivity index (χ3v) is 5.17. The van der Waals surface area contributed by atoms with Gasteiger partial charge in [-0.05, 0) is 24.3 Å². The highest BCUT2D eigenvalue weighted by atomic mass is 32.2. The number of hydrogen-bond acceptors (Lipinski definition) is 6. The van der Waals surface area contributed by atoms with Crippen LogP contribution < -0.4 is 9.80 Å². The average Bonchev–Trinajstić information content (AvgIpc) is 2.94. The molecule has 1 atom stereocenters. The van der Waals surface area contributed by atoms with Gasteiger partial charge >= 0.3 is 6.09 Å². The van der Waals surface area contributed by atoms with Gasteiger partial charge in [0.05, 0.1) is 12.3 Å². The van der Waals surface area contributed by atoms with Crippen molar-refractivity contribution in [2.75, 3.05) is 35.2 Å². The number of benzene rings is 1. The van der Waals surface area contributed by atoms with Crippen molar-refractivity contribution in [3.8, 4) is 0 Å². The Bertz CT molecular complexity index is 751. The molecule has 0 aromatic heterocycles. The van der Waals surface area contributed by atoms with Gasteiger partial charge < -0.3 is 9.64 Å². The van der Waals surface area contributed by atoms with Crippen LogP contribution in [-0.2, 0) is 19.6 Å². The molecule has 1 aromatic carbocycles. The van der Waals surface area contributed by atoms with Gasteiger partial charge in [0, 0.05) is 43.7 Å². The van der Waals surface area contributed by atoms with E-state index in [-0.39, 0.29) is 18.7 Å². The van der Waals surface area contributed by atoms with E-state index >= 15 is 0 Å². The van der Waals surface area contributed by atoms with Crippen LogP contribution >= 0.6 is 0 Å². The fourth-order valence-corrected chi connectivity index (χ4v) is 3.58. The lowest BCUT2D eigenvalue weighted by Crippen LogP contribution is -2.33. The standard InChI is InChI=1S/C16H20N2O6S/c19-14-5-8-17(9-6-14)12-1-3-13(4-2-12)18-11-15(24-16(18)20)7-10-25(21,22)23/h1-4,15H,5-11H2,(H,21,22,23)/t15-/m1/s1. The first-order valence-corrected chi connectivity index (χ1v) is 9.73. The molecule has 1 aromatic rings. The molecule has 0 bridgehead atoms. The third-order valence-electron chi connectivity index (χ3n) is 4.42. The summed E-state index contributed by atoms with van der Waals surface area (Å²) in [5, 5.41) is 0. The zero-order valence-corrected chi connectivity index (χ0v) is 14.4. The lowest BCUT2D eigenvalue weighted by Gasteiger charge is -2.28. The second-order valence-electron chi connectivity index (χ2n) is 6.23. The van der Waals surface area contributed by atoms with Crippen LogP contribution in [0.1, 0.15) is 19.3 Å². The van der Waals surface area contributed by atoms with Crippen LogP contribution in [-0.4, -0.2) is 56.3 Å². The van der Waals surface area contributed by atoms with Gasteiger partial charge in [-0.3, -0.25) is 14.2 Å². The number of cyclic esters (lactones) is 1. The predicted molar refractivity (Wildman–Crippen MR) is 91.5 cm³/mol. The van der Waals surface area contributed by atoms with E-state index < -0.39 is 28.1 Å². The summed E-state index contributed by atoms with van der Waals surface area (Å²) in [6, 6.07) is 7.39. The number of anilines is 2. The number of nitrogens with zero attached hydrogens (tertiary/aromatic N) is 2. The molecule has 0 saturated carbocycles. The number of ether oxygens (including phenoxy) is 1. The second-order valence-corrected chi connectivity index (χ2v) is 7.81. The van der Waals surface area contributed by atoms with Gasteiger partial charge in [0.25, 0.3) is 10.1 Å². The fraction of sp³-hybridized carbons (Fsp3) is 0.500. The van der Waals surface area contributed by atoms with Gasteiger partial charge in [-0.25, -0.2) is 4.79 Å². The molecule has 2 heterocycles. The van der Waals surface area contributed by atoms with E-state index in [0.29, 0.717) is 31.6 Å². The Morgan fingerprint density at radius 1 is 1.08 bits per heavy atom. The van der Waals surface area contributed by atoms with E-state index in [9.17, 15) is 18.0 Å². The maximum Gasteiger partial charge on any atom is 0.414 e. The minimum Gasteiger partial charge on any atom is -0.444 e. The quantitative estimate of drug-likeness (QED) is 0.785. The van der Waals surface area contributed by atoms with E-state index in [1.807, 2.05) is 12.1 Å². The van der Waals surface area contributed by atoms with Crippen LogP contribution in [0.4, 0.5) is 16.2 Å². The molecule has 2 fully saturated rings. The number of rotatable bonds is 5. The highest BCUT2D eigenvalue weighted by molar-refractivity contribution is 7.85. The van der Waals surface area contributed by atoms with Crippen LogP contribution in [0.25, 0.3) is 0 Å². The van der Waals surface area contributed by atoms with Crippen molar-refractivity contribution in [3.63, 3.8) is 0 Å². The van der Waals surface area contributed by atoms with Gasteiger partial charge in [-0.15, -0.1) is 0 Å². The Balaban J connectivity index is 1.62. The molecular weight excluding hydrogens is 348 g/mol. The maximum absolute atomic E-state index is 12.0. The van der Waals surface area contributed by atoms with Crippen LogP contribution in [0.5, 0.6) is 0 Å². The Morgan fingerprint density at radius 2 is 1.68 bits per heavy atom. The van der Waals surface area contributed by atoms with Crippen molar-refractivity contribution in [1.29, 1.82) is 0 Å². The lowest BCUT2D eigenvalue weighted by atomic mass is 10.1. The van der Waals surface area contributed by atoms with Crippen LogP contribution in [0.2, 0.25) is 0 Å². The van der Waals surface area contributed by atoms with E-state index in [2.05, 4.69) is 4.90 Å². The average molecular weight is 368 g/mol. The Hall–Kier alpha value is -2.13. The largest absolute Gasteiger partial charge is 0.444 e. The summed E-state index contributed by atoms with van der Waals surface area (Å²) in [5.41, 5.74) is 1.66. The first kappa shape index (κ1) is 17.7. The Morgan fingerprint density at radius 3 is 2.28 bits per heavy atom. The van der Waals surface area contributed by atoms with Crippen molar-refractivity contribution in [2.24, 2.45) is 0 Å². The molecule has 0 radical (unpaired) electrons. The molecule has 0 unspecified atom stereocenters. The summed E-state index contributed by atoms with van der Waals surface area (Å²) >= 11 is 0. The van der Waals surface area contributed by atoms with Crippen molar-refractivity contribution in [1.82, 2.24) is 0 Å². The van der Waals surface area contributed by atoms with E-state index in [1.165, 1.54) is 4.90 Å². The second kappa shape index (κ2) is 7.01. The summed E-state index contributed by atoms with van der Waals surface area (Å²) in [7, 11) is -4.07. The SMILES string of the molecule is O=C1CCN(c2ccc(N3C[C@@H](CCS(=O)(=O)O)OC3=O)cc2)CC1. The monoisotopic (exact) mass is 368 g/mol. The summed E-state index contributed by atoms with van der Waals surface area (Å²) in [6.07, 6.45) is 0.0607. The Labute approximate surface area is 146 Å². The number of carbonyl (C=O) groups excluding carboxylic acids is 2. The fourth-order valence-electron chi connectivity index (χ4n) is 3.02. The maximum atomic E-state index is 12.0. The number of carbonyl (C=O) groups is 2. The van der Waals surface area contributed by atoms with Crippen LogP contribution in [0.3, 0.4) is 0 Å². The number of ketones is 1. The lowest BCUT2D eigenvalue weighted by molar-refractivity contribution is -0.119. The molecule has 2 aliphatic heterocycles. The molecule has 9 heteroatoms. The Kier molecular flexibility index (Phi) is 4.96. The van der Waals surface area contributed by atoms with Crippen LogP contribution in [0, 0.1) is 0 Å². The van der Waals surface area contributed by atoms with Crippen LogP contribution in [0.15, 0.2) is 24.3 Å². The first-order chi connectivity index (χ1) is 11.8. The molecule has 8 nitrogen and oxygen atoms in total. The van der Waals surface area contributed by atoms with Crippen molar-refractivity contribution < 1.29 is 27.3 Å². The molecular formula is C16H20N2O6S. The summed E-state index contributed by atoms with van der Waals surface area (Å²) < 4.78 is 35.5. The smallest absolute Gasteiger partial charge is 0.414 e. The van der Waals surface area contributed by atoms with Crippen molar-refractivity contribution in [2.45, 2.75) is 25.4 Å². The number of hydrogen-bond donors (Lipinski definition) is 1. The predicted octanol–water partition coefficient (Wildman–Crippen LogP) is 1.46. The summed E-state index contributed by atoms with van der Waals surface area (Å²) in [5.74, 6) is -0.158.